The standard InChI is InChI=1S/C35H56O8/c1-19-10-15-35(29(39)40)17-16-32(5)20(27(35)34(19,7)41)8-9-23-31(4)13-12-24(30(2,3)22(31)11-14-33(23,32)6)43-28-26(38)25(37)21(36)18-42-28/h8,19,21-28,36-38,41H,9-18H2,1-7H3,(H,39,40)/t19?,21?,22?,23?,24?,25?,26?,27?,28?,31-,32+,33+,34+,35-/m0/s1. The number of carboxylic acids is 1. The third kappa shape index (κ3) is 4.11. The van der Waals surface area contributed by atoms with Gasteiger partial charge < -0.3 is 35.0 Å². The molecule has 8 nitrogen and oxygen atoms in total. The van der Waals surface area contributed by atoms with E-state index in [4.69, 9.17) is 9.47 Å². The van der Waals surface area contributed by atoms with Crippen molar-refractivity contribution >= 4 is 5.97 Å². The third-order valence-electron chi connectivity index (χ3n) is 15.2. The van der Waals surface area contributed by atoms with Gasteiger partial charge in [0.2, 0.25) is 0 Å². The molecule has 6 rings (SSSR count). The molecule has 0 amide bonds. The first-order valence-electron chi connectivity index (χ1n) is 16.9. The van der Waals surface area contributed by atoms with Crippen LogP contribution in [0.3, 0.4) is 0 Å². The van der Waals surface area contributed by atoms with E-state index in [0.717, 1.165) is 44.9 Å². The SMILES string of the molecule is CC1CC[C@]2(C(=O)O)CC[C@]3(C)C(=CCC4[C@@]5(C)CCC(OC6OCC(O)C(O)C6O)C(C)(C)C5CC[C@]43C)C2[C@]1(C)O. The molecule has 43 heavy (non-hydrogen) atoms. The molecule has 1 heterocycles. The molecule has 0 aromatic heterocycles. The molecule has 0 aromatic carbocycles. The zero-order valence-corrected chi connectivity index (χ0v) is 27.3. The zero-order valence-electron chi connectivity index (χ0n) is 27.3. The fourth-order valence-electron chi connectivity index (χ4n) is 12.1. The Morgan fingerprint density at radius 1 is 0.907 bits per heavy atom. The molecule has 14 atom stereocenters. The Balaban J connectivity index is 1.33. The Morgan fingerprint density at radius 2 is 1.60 bits per heavy atom. The molecule has 9 unspecified atom stereocenters. The molecule has 0 radical (unpaired) electrons. The predicted molar refractivity (Wildman–Crippen MR) is 161 cm³/mol. The third-order valence-corrected chi connectivity index (χ3v) is 15.2. The Labute approximate surface area is 257 Å². The van der Waals surface area contributed by atoms with Crippen molar-refractivity contribution in [3.8, 4) is 0 Å². The molecule has 0 aromatic rings. The number of allylic oxidation sites excluding steroid dienone is 1. The Bertz CT molecular complexity index is 1160. The molecule has 6 aliphatic rings. The van der Waals surface area contributed by atoms with Gasteiger partial charge in [0.15, 0.2) is 6.29 Å². The van der Waals surface area contributed by atoms with E-state index in [2.05, 4.69) is 47.6 Å². The number of rotatable bonds is 3. The van der Waals surface area contributed by atoms with Gasteiger partial charge in [-0.05, 0) is 104 Å². The lowest BCUT2D eigenvalue weighted by Gasteiger charge is -2.72. The quantitative estimate of drug-likeness (QED) is 0.232. The summed E-state index contributed by atoms with van der Waals surface area (Å²) in [5, 5.41) is 53.4. The van der Waals surface area contributed by atoms with Crippen LogP contribution in [0, 0.1) is 50.7 Å². The predicted octanol–water partition coefficient (Wildman–Crippen LogP) is 4.67. The molecule has 5 aliphatic carbocycles. The van der Waals surface area contributed by atoms with Crippen molar-refractivity contribution in [2.24, 2.45) is 50.7 Å². The monoisotopic (exact) mass is 604 g/mol. The minimum Gasteiger partial charge on any atom is -0.481 e. The Morgan fingerprint density at radius 3 is 2.28 bits per heavy atom. The summed E-state index contributed by atoms with van der Waals surface area (Å²) in [7, 11) is 0. The molecule has 244 valence electrons. The second kappa shape index (κ2) is 9.98. The number of ether oxygens (including phenoxy) is 2. The van der Waals surface area contributed by atoms with Gasteiger partial charge in [0, 0.05) is 5.92 Å². The van der Waals surface area contributed by atoms with Crippen LogP contribution in [0.5, 0.6) is 0 Å². The summed E-state index contributed by atoms with van der Waals surface area (Å²) in [6, 6.07) is 0. The van der Waals surface area contributed by atoms with Gasteiger partial charge in [-0.3, -0.25) is 4.79 Å². The van der Waals surface area contributed by atoms with Crippen LogP contribution in [0.2, 0.25) is 0 Å². The lowest BCUT2D eigenvalue weighted by Crippen LogP contribution is -2.68. The first-order valence-corrected chi connectivity index (χ1v) is 16.9. The Hall–Kier alpha value is -1.03. The zero-order chi connectivity index (χ0) is 31.5. The van der Waals surface area contributed by atoms with E-state index >= 15 is 0 Å². The molecular weight excluding hydrogens is 548 g/mol. The molecule has 0 spiro atoms. The maximum absolute atomic E-state index is 13.0. The highest BCUT2D eigenvalue weighted by Crippen LogP contribution is 2.76. The largest absolute Gasteiger partial charge is 0.481 e. The van der Waals surface area contributed by atoms with Crippen LogP contribution >= 0.6 is 0 Å². The summed E-state index contributed by atoms with van der Waals surface area (Å²) in [5.41, 5.74) is -1.16. The number of aliphatic hydroxyl groups excluding tert-OH is 3. The number of hydrogen-bond acceptors (Lipinski definition) is 7. The average Bonchev–Trinajstić information content (AvgIpc) is 2.92. The van der Waals surface area contributed by atoms with E-state index in [0.29, 0.717) is 24.7 Å². The first kappa shape index (κ1) is 31.9. The highest BCUT2D eigenvalue weighted by atomic mass is 16.7. The van der Waals surface area contributed by atoms with Gasteiger partial charge in [0.05, 0.1) is 23.7 Å². The molecule has 5 N–H and O–H groups in total. The van der Waals surface area contributed by atoms with E-state index in [1.807, 2.05) is 6.92 Å². The minimum atomic E-state index is -1.30. The molecule has 8 heteroatoms. The van der Waals surface area contributed by atoms with E-state index in [1.165, 1.54) is 5.57 Å². The first-order chi connectivity index (χ1) is 19.9. The summed E-state index contributed by atoms with van der Waals surface area (Å²) in [6.07, 6.45) is 5.06. The average molecular weight is 605 g/mol. The molecule has 0 bridgehead atoms. The summed E-state index contributed by atoms with van der Waals surface area (Å²) in [6.45, 7) is 15.8. The number of aliphatic hydroxyl groups is 4. The number of carboxylic acid groups (broad SMARTS) is 1. The number of carbonyl (C=O) groups is 1. The molecular formula is C35H56O8. The van der Waals surface area contributed by atoms with Crippen LogP contribution < -0.4 is 0 Å². The summed E-state index contributed by atoms with van der Waals surface area (Å²) in [4.78, 5) is 13.0. The van der Waals surface area contributed by atoms with Gasteiger partial charge in [-0.1, -0.05) is 53.2 Å². The molecule has 5 fully saturated rings. The lowest BCUT2D eigenvalue weighted by atomic mass is 9.33. The van der Waals surface area contributed by atoms with Crippen molar-refractivity contribution in [2.75, 3.05) is 6.61 Å². The second-order valence-corrected chi connectivity index (χ2v) is 17.1. The van der Waals surface area contributed by atoms with Crippen molar-refractivity contribution in [3.63, 3.8) is 0 Å². The fraction of sp³-hybridized carbons (Fsp3) is 0.914. The van der Waals surface area contributed by atoms with Gasteiger partial charge in [0.1, 0.15) is 18.3 Å². The normalized spacial score (nSPS) is 56.1. The van der Waals surface area contributed by atoms with Crippen molar-refractivity contribution in [2.45, 2.75) is 143 Å². The van der Waals surface area contributed by atoms with Crippen LogP contribution in [0.4, 0.5) is 0 Å². The number of hydrogen-bond donors (Lipinski definition) is 5. The van der Waals surface area contributed by atoms with Crippen molar-refractivity contribution < 1.29 is 39.8 Å². The van der Waals surface area contributed by atoms with Gasteiger partial charge in [-0.15, -0.1) is 0 Å². The maximum Gasteiger partial charge on any atom is 0.310 e. The minimum absolute atomic E-state index is 0.0313. The highest BCUT2D eigenvalue weighted by Gasteiger charge is 2.71. The van der Waals surface area contributed by atoms with E-state index in [9.17, 15) is 30.3 Å². The van der Waals surface area contributed by atoms with Gasteiger partial charge in [0.25, 0.3) is 0 Å². The molecule has 1 aliphatic heterocycles. The van der Waals surface area contributed by atoms with Crippen molar-refractivity contribution in [3.05, 3.63) is 11.6 Å². The van der Waals surface area contributed by atoms with Crippen molar-refractivity contribution in [1.82, 2.24) is 0 Å². The lowest BCUT2D eigenvalue weighted by molar-refractivity contribution is -0.308. The number of aliphatic carboxylic acids is 1. The molecule has 1 saturated heterocycles. The molecule has 4 saturated carbocycles. The van der Waals surface area contributed by atoms with Crippen LogP contribution in [-0.2, 0) is 14.3 Å². The van der Waals surface area contributed by atoms with E-state index in [-0.39, 0.29) is 46.2 Å². The van der Waals surface area contributed by atoms with Crippen LogP contribution in [0.1, 0.15) is 106 Å². The summed E-state index contributed by atoms with van der Waals surface area (Å²) >= 11 is 0. The Kier molecular flexibility index (Phi) is 7.41. The van der Waals surface area contributed by atoms with Gasteiger partial charge in [-0.25, -0.2) is 0 Å². The van der Waals surface area contributed by atoms with Crippen LogP contribution in [-0.4, -0.2) is 74.4 Å². The summed E-state index contributed by atoms with van der Waals surface area (Å²) < 4.78 is 12.1. The van der Waals surface area contributed by atoms with E-state index < -0.39 is 41.6 Å². The van der Waals surface area contributed by atoms with Crippen molar-refractivity contribution in [1.29, 1.82) is 0 Å². The van der Waals surface area contributed by atoms with Crippen LogP contribution in [0.25, 0.3) is 0 Å². The topological polar surface area (TPSA) is 137 Å². The van der Waals surface area contributed by atoms with Gasteiger partial charge >= 0.3 is 5.97 Å². The smallest absolute Gasteiger partial charge is 0.310 e. The maximum atomic E-state index is 13.0. The van der Waals surface area contributed by atoms with E-state index in [1.54, 1.807) is 0 Å². The van der Waals surface area contributed by atoms with Crippen LogP contribution in [0.15, 0.2) is 11.6 Å². The number of fused-ring (bicyclic) bond motifs is 7. The summed E-state index contributed by atoms with van der Waals surface area (Å²) in [5.74, 6) is -0.306. The van der Waals surface area contributed by atoms with Gasteiger partial charge in [-0.2, -0.15) is 0 Å². The second-order valence-electron chi connectivity index (χ2n) is 17.1. The highest BCUT2D eigenvalue weighted by molar-refractivity contribution is 5.77. The fourth-order valence-corrected chi connectivity index (χ4v) is 12.1.